The zero-order chi connectivity index (χ0) is 22.3. The Morgan fingerprint density at radius 2 is 1.84 bits per heavy atom. The standard InChI is InChI=1S/C25H21BrN2O4/c1-2-31-23(29)22-25(19-13-6-7-14-20(19)27-24(25)30)21(16-9-8-10-17(26)15-16)28(32-22)18-11-4-3-5-12-18/h3-15,21-22H,2H2,1H3,(H,27,30). The van der Waals surface area contributed by atoms with E-state index in [0.717, 1.165) is 15.7 Å². The monoisotopic (exact) mass is 492 g/mol. The Bertz CT molecular complexity index is 1190. The number of hydroxylamine groups is 1. The van der Waals surface area contributed by atoms with Gasteiger partial charge in [-0.15, -0.1) is 0 Å². The number of hydrogen-bond donors (Lipinski definition) is 1. The summed E-state index contributed by atoms with van der Waals surface area (Å²) in [6, 6.07) is 24.0. The second-order valence-electron chi connectivity index (χ2n) is 7.73. The lowest BCUT2D eigenvalue weighted by Gasteiger charge is -2.33. The summed E-state index contributed by atoms with van der Waals surface area (Å²) in [5.74, 6) is -0.863. The minimum atomic E-state index is -1.33. The number of rotatable bonds is 4. The van der Waals surface area contributed by atoms with Gasteiger partial charge in [0.1, 0.15) is 11.5 Å². The van der Waals surface area contributed by atoms with Crippen LogP contribution in [0.5, 0.6) is 0 Å². The highest BCUT2D eigenvalue weighted by molar-refractivity contribution is 9.10. The largest absolute Gasteiger partial charge is 0.464 e. The first-order chi connectivity index (χ1) is 15.6. The lowest BCUT2D eigenvalue weighted by molar-refractivity contribution is -0.159. The third-order valence-corrected chi connectivity index (χ3v) is 6.46. The van der Waals surface area contributed by atoms with Crippen LogP contribution in [0.1, 0.15) is 24.1 Å². The number of nitrogens with zero attached hydrogens (tertiary/aromatic N) is 1. The molecule has 3 unspecified atom stereocenters. The summed E-state index contributed by atoms with van der Waals surface area (Å²) in [5, 5.41) is 4.65. The minimum Gasteiger partial charge on any atom is -0.464 e. The molecule has 32 heavy (non-hydrogen) atoms. The molecule has 0 bridgehead atoms. The van der Waals surface area contributed by atoms with Gasteiger partial charge in [0.05, 0.1) is 12.3 Å². The number of amides is 1. The predicted molar refractivity (Wildman–Crippen MR) is 124 cm³/mol. The molecule has 1 spiro atoms. The van der Waals surface area contributed by atoms with Gasteiger partial charge in [-0.25, -0.2) is 9.86 Å². The number of benzene rings is 3. The van der Waals surface area contributed by atoms with Gasteiger partial charge in [0.15, 0.2) is 0 Å². The number of ether oxygens (including phenoxy) is 1. The van der Waals surface area contributed by atoms with Gasteiger partial charge in [-0.05, 0) is 48.4 Å². The van der Waals surface area contributed by atoms with Crippen LogP contribution < -0.4 is 10.4 Å². The van der Waals surface area contributed by atoms with Crippen molar-refractivity contribution in [3.8, 4) is 0 Å². The van der Waals surface area contributed by atoms with E-state index in [9.17, 15) is 9.59 Å². The molecule has 1 fully saturated rings. The van der Waals surface area contributed by atoms with Gasteiger partial charge in [-0.3, -0.25) is 9.63 Å². The zero-order valence-corrected chi connectivity index (χ0v) is 18.9. The highest BCUT2D eigenvalue weighted by Crippen LogP contribution is 2.57. The van der Waals surface area contributed by atoms with Crippen molar-refractivity contribution in [2.75, 3.05) is 17.0 Å². The van der Waals surface area contributed by atoms with E-state index in [1.54, 1.807) is 12.0 Å². The van der Waals surface area contributed by atoms with Crippen molar-refractivity contribution < 1.29 is 19.2 Å². The van der Waals surface area contributed by atoms with Gasteiger partial charge < -0.3 is 10.1 Å². The minimum absolute atomic E-state index is 0.185. The van der Waals surface area contributed by atoms with Crippen molar-refractivity contribution >= 4 is 39.2 Å². The number of carbonyl (C=O) groups excluding carboxylic acids is 2. The molecule has 0 aromatic heterocycles. The number of para-hydroxylation sites is 2. The van der Waals surface area contributed by atoms with E-state index in [4.69, 9.17) is 9.57 Å². The van der Waals surface area contributed by atoms with E-state index in [1.165, 1.54) is 0 Å². The maximum atomic E-state index is 13.8. The van der Waals surface area contributed by atoms with Crippen LogP contribution in [0.15, 0.2) is 83.3 Å². The van der Waals surface area contributed by atoms with Gasteiger partial charge in [0.25, 0.3) is 0 Å². The van der Waals surface area contributed by atoms with Crippen molar-refractivity contribution in [2.24, 2.45) is 0 Å². The normalized spacial score (nSPS) is 23.8. The first kappa shape index (κ1) is 20.7. The molecular formula is C25H21BrN2O4. The fourth-order valence-electron chi connectivity index (χ4n) is 4.73. The number of fused-ring (bicyclic) bond motifs is 2. The Kier molecular flexibility index (Phi) is 5.23. The van der Waals surface area contributed by atoms with Crippen molar-refractivity contribution in [3.05, 3.63) is 94.5 Å². The third kappa shape index (κ3) is 3.04. The lowest BCUT2D eigenvalue weighted by Crippen LogP contribution is -2.50. The van der Waals surface area contributed by atoms with Gasteiger partial charge >= 0.3 is 5.97 Å². The van der Waals surface area contributed by atoms with E-state index >= 15 is 0 Å². The maximum absolute atomic E-state index is 13.8. The molecule has 0 aliphatic carbocycles. The molecular weight excluding hydrogens is 472 g/mol. The second-order valence-corrected chi connectivity index (χ2v) is 8.64. The van der Waals surface area contributed by atoms with Gasteiger partial charge in [0.2, 0.25) is 12.0 Å². The Hall–Kier alpha value is -3.16. The molecule has 1 N–H and O–H groups in total. The Balaban J connectivity index is 1.80. The van der Waals surface area contributed by atoms with Crippen LogP contribution in [0, 0.1) is 0 Å². The number of nitrogens with one attached hydrogen (secondary N) is 1. The average molecular weight is 493 g/mol. The Morgan fingerprint density at radius 1 is 1.09 bits per heavy atom. The number of carbonyl (C=O) groups is 2. The highest BCUT2D eigenvalue weighted by Gasteiger charge is 2.68. The van der Waals surface area contributed by atoms with E-state index in [0.29, 0.717) is 11.3 Å². The molecule has 1 amide bonds. The molecule has 2 aliphatic rings. The van der Waals surface area contributed by atoms with Crippen molar-refractivity contribution in [1.82, 2.24) is 0 Å². The topological polar surface area (TPSA) is 67.9 Å². The highest BCUT2D eigenvalue weighted by atomic mass is 79.9. The maximum Gasteiger partial charge on any atom is 0.339 e. The Morgan fingerprint density at radius 3 is 2.59 bits per heavy atom. The number of hydrogen-bond acceptors (Lipinski definition) is 5. The molecule has 1 saturated heterocycles. The molecule has 2 heterocycles. The smallest absolute Gasteiger partial charge is 0.339 e. The molecule has 6 nitrogen and oxygen atoms in total. The fourth-order valence-corrected chi connectivity index (χ4v) is 5.14. The summed E-state index contributed by atoms with van der Waals surface area (Å²) in [5.41, 5.74) is 1.62. The summed E-state index contributed by atoms with van der Waals surface area (Å²) < 4.78 is 6.25. The van der Waals surface area contributed by atoms with E-state index in [2.05, 4.69) is 21.2 Å². The molecule has 2 aliphatic heterocycles. The first-order valence-corrected chi connectivity index (χ1v) is 11.2. The van der Waals surface area contributed by atoms with Crippen LogP contribution >= 0.6 is 15.9 Å². The summed E-state index contributed by atoms with van der Waals surface area (Å²) in [4.78, 5) is 33.3. The molecule has 0 radical (unpaired) electrons. The molecule has 3 aromatic carbocycles. The molecule has 5 rings (SSSR count). The third-order valence-electron chi connectivity index (χ3n) is 5.97. The second kappa shape index (κ2) is 8.07. The van der Waals surface area contributed by atoms with Crippen molar-refractivity contribution in [2.45, 2.75) is 24.5 Å². The van der Waals surface area contributed by atoms with Crippen molar-refractivity contribution in [1.29, 1.82) is 0 Å². The fraction of sp³-hybridized carbons (Fsp3) is 0.200. The molecule has 0 saturated carbocycles. The lowest BCUT2D eigenvalue weighted by atomic mass is 9.69. The van der Waals surface area contributed by atoms with Crippen LogP contribution in [-0.4, -0.2) is 24.6 Å². The quantitative estimate of drug-likeness (QED) is 0.531. The number of esters is 1. The van der Waals surface area contributed by atoms with Crippen LogP contribution in [0.3, 0.4) is 0 Å². The molecule has 3 atom stereocenters. The van der Waals surface area contributed by atoms with Gasteiger partial charge in [-0.2, -0.15) is 0 Å². The van der Waals surface area contributed by atoms with Crippen LogP contribution in [0.25, 0.3) is 0 Å². The first-order valence-electron chi connectivity index (χ1n) is 10.4. The summed E-state index contributed by atoms with van der Waals surface area (Å²) in [6.07, 6.45) is -1.16. The Labute approximate surface area is 194 Å². The predicted octanol–water partition coefficient (Wildman–Crippen LogP) is 4.76. The zero-order valence-electron chi connectivity index (χ0n) is 17.3. The summed E-state index contributed by atoms with van der Waals surface area (Å²) in [6.45, 7) is 1.92. The van der Waals surface area contributed by atoms with E-state index in [-0.39, 0.29) is 12.5 Å². The molecule has 7 heteroatoms. The van der Waals surface area contributed by atoms with E-state index in [1.807, 2.05) is 78.9 Å². The van der Waals surface area contributed by atoms with Crippen LogP contribution in [-0.2, 0) is 24.6 Å². The van der Waals surface area contributed by atoms with Crippen LogP contribution in [0.4, 0.5) is 11.4 Å². The van der Waals surface area contributed by atoms with Gasteiger partial charge in [-0.1, -0.05) is 64.5 Å². The van der Waals surface area contributed by atoms with E-state index < -0.39 is 23.5 Å². The van der Waals surface area contributed by atoms with Crippen LogP contribution in [0.2, 0.25) is 0 Å². The molecule has 3 aromatic rings. The average Bonchev–Trinajstić information content (AvgIpc) is 3.31. The molecule has 162 valence electrons. The summed E-state index contributed by atoms with van der Waals surface area (Å²) >= 11 is 3.55. The number of halogens is 1. The van der Waals surface area contributed by atoms with Crippen molar-refractivity contribution in [3.63, 3.8) is 0 Å². The number of anilines is 2. The SMILES string of the molecule is CCOC(=O)C1ON(c2ccccc2)C(c2cccc(Br)c2)C12C(=O)Nc1ccccc12. The summed E-state index contributed by atoms with van der Waals surface area (Å²) in [7, 11) is 0. The van der Waals surface area contributed by atoms with Gasteiger partial charge in [0, 0.05) is 10.2 Å².